The number of rotatable bonds is 1. The maximum atomic E-state index is 11.6. The van der Waals surface area contributed by atoms with E-state index in [1.165, 1.54) is 6.07 Å². The Bertz CT molecular complexity index is 528. The molecule has 72 valence electrons. The summed E-state index contributed by atoms with van der Waals surface area (Å²) in [7, 11) is 0. The fraction of sp³-hybridized carbons (Fsp3) is 0.182. The molecule has 0 fully saturated rings. The third kappa shape index (κ3) is 1.48. The topological polar surface area (TPSA) is 30.2 Å². The Morgan fingerprint density at radius 3 is 2.93 bits per heavy atom. The number of aryl methyl sites for hydroxylation is 1. The molecule has 0 unspecified atom stereocenters. The van der Waals surface area contributed by atoms with Gasteiger partial charge >= 0.3 is 0 Å². The summed E-state index contributed by atoms with van der Waals surface area (Å²) in [6.07, 6.45) is 0. The van der Waals surface area contributed by atoms with Gasteiger partial charge in [0.2, 0.25) is 0 Å². The van der Waals surface area contributed by atoms with Gasteiger partial charge in [-0.1, -0.05) is 28.1 Å². The Balaban J connectivity index is 2.94. The summed E-state index contributed by atoms with van der Waals surface area (Å²) in [5, 5.41) is 1.34. The van der Waals surface area contributed by atoms with E-state index < -0.39 is 0 Å². The second kappa shape index (κ2) is 3.58. The van der Waals surface area contributed by atoms with E-state index >= 15 is 0 Å². The zero-order valence-electron chi connectivity index (χ0n) is 7.71. The molecule has 0 spiro atoms. The zero-order valence-corrected chi connectivity index (χ0v) is 9.30. The highest BCUT2D eigenvalue weighted by Crippen LogP contribution is 2.19. The van der Waals surface area contributed by atoms with E-state index in [4.69, 9.17) is 4.42 Å². The van der Waals surface area contributed by atoms with Gasteiger partial charge in [-0.05, 0) is 13.0 Å². The SMILES string of the molecule is Cc1cc(=O)c2cccc(CBr)c2o1. The molecule has 14 heavy (non-hydrogen) atoms. The van der Waals surface area contributed by atoms with Gasteiger partial charge in [0.05, 0.1) is 5.39 Å². The van der Waals surface area contributed by atoms with Crippen LogP contribution in [0, 0.1) is 6.92 Å². The normalized spacial score (nSPS) is 10.7. The van der Waals surface area contributed by atoms with E-state index in [0.717, 1.165) is 5.56 Å². The molecule has 1 heterocycles. The number of benzene rings is 1. The number of alkyl halides is 1. The molecule has 0 saturated heterocycles. The summed E-state index contributed by atoms with van der Waals surface area (Å²) in [5.41, 5.74) is 1.71. The third-order valence-electron chi connectivity index (χ3n) is 2.10. The molecular formula is C11H9BrO2. The molecule has 0 atom stereocenters. The van der Waals surface area contributed by atoms with Crippen LogP contribution in [0.4, 0.5) is 0 Å². The minimum absolute atomic E-state index is 0.0200. The van der Waals surface area contributed by atoms with Crippen LogP contribution in [0.2, 0.25) is 0 Å². The second-order valence-corrected chi connectivity index (χ2v) is 3.71. The smallest absolute Gasteiger partial charge is 0.192 e. The van der Waals surface area contributed by atoms with E-state index in [0.29, 0.717) is 22.1 Å². The molecule has 1 aromatic carbocycles. The van der Waals surface area contributed by atoms with E-state index in [9.17, 15) is 4.79 Å². The maximum absolute atomic E-state index is 11.6. The van der Waals surface area contributed by atoms with Crippen molar-refractivity contribution < 1.29 is 4.42 Å². The van der Waals surface area contributed by atoms with Crippen molar-refractivity contribution in [3.05, 3.63) is 45.8 Å². The van der Waals surface area contributed by atoms with Crippen LogP contribution in [-0.2, 0) is 5.33 Å². The van der Waals surface area contributed by atoms with E-state index in [2.05, 4.69) is 15.9 Å². The summed E-state index contributed by atoms with van der Waals surface area (Å²) in [6.45, 7) is 1.78. The average Bonchev–Trinajstić information content (AvgIpc) is 2.17. The lowest BCUT2D eigenvalue weighted by molar-refractivity contribution is 0.562. The molecule has 0 aliphatic heterocycles. The standard InChI is InChI=1S/C11H9BrO2/c1-7-5-10(13)9-4-2-3-8(6-12)11(9)14-7/h2-5H,6H2,1H3. The Labute approximate surface area is 89.7 Å². The summed E-state index contributed by atoms with van der Waals surface area (Å²) < 4.78 is 5.53. The first-order valence-electron chi connectivity index (χ1n) is 4.30. The minimum atomic E-state index is 0.0200. The quantitative estimate of drug-likeness (QED) is 0.731. The van der Waals surface area contributed by atoms with E-state index in [1.807, 2.05) is 12.1 Å². The minimum Gasteiger partial charge on any atom is -0.461 e. The molecule has 0 saturated carbocycles. The van der Waals surface area contributed by atoms with Crippen LogP contribution in [0.1, 0.15) is 11.3 Å². The summed E-state index contributed by atoms with van der Waals surface area (Å²) >= 11 is 3.37. The molecule has 1 aromatic heterocycles. The van der Waals surface area contributed by atoms with Gasteiger partial charge in [0.15, 0.2) is 5.43 Å². The molecule has 0 aliphatic rings. The molecule has 0 N–H and O–H groups in total. The first kappa shape index (κ1) is 9.46. The van der Waals surface area contributed by atoms with Crippen molar-refractivity contribution in [3.8, 4) is 0 Å². The van der Waals surface area contributed by atoms with Crippen molar-refractivity contribution in [2.45, 2.75) is 12.3 Å². The second-order valence-electron chi connectivity index (χ2n) is 3.15. The van der Waals surface area contributed by atoms with Crippen molar-refractivity contribution in [3.63, 3.8) is 0 Å². The number of para-hydroxylation sites is 1. The lowest BCUT2D eigenvalue weighted by Gasteiger charge is -2.02. The highest BCUT2D eigenvalue weighted by atomic mass is 79.9. The van der Waals surface area contributed by atoms with Crippen LogP contribution in [0.15, 0.2) is 33.5 Å². The molecule has 3 heteroatoms. The Hall–Kier alpha value is -1.09. The van der Waals surface area contributed by atoms with Crippen LogP contribution in [-0.4, -0.2) is 0 Å². The van der Waals surface area contributed by atoms with Crippen molar-refractivity contribution in [1.29, 1.82) is 0 Å². The fourth-order valence-electron chi connectivity index (χ4n) is 1.46. The van der Waals surface area contributed by atoms with Crippen LogP contribution in [0.3, 0.4) is 0 Å². The highest BCUT2D eigenvalue weighted by Gasteiger charge is 2.05. The van der Waals surface area contributed by atoms with Gasteiger partial charge in [-0.2, -0.15) is 0 Å². The van der Waals surface area contributed by atoms with Gasteiger partial charge in [-0.25, -0.2) is 0 Å². The predicted octanol–water partition coefficient (Wildman–Crippen LogP) is 3.00. The van der Waals surface area contributed by atoms with Gasteiger partial charge < -0.3 is 4.42 Å². The van der Waals surface area contributed by atoms with Gasteiger partial charge in [0.1, 0.15) is 11.3 Å². The molecule has 0 bridgehead atoms. The number of hydrogen-bond donors (Lipinski definition) is 0. The fourth-order valence-corrected chi connectivity index (χ4v) is 1.90. The number of hydrogen-bond acceptors (Lipinski definition) is 2. The zero-order chi connectivity index (χ0) is 10.1. The van der Waals surface area contributed by atoms with Gasteiger partial charge in [-0.3, -0.25) is 4.79 Å². The molecule has 2 rings (SSSR count). The van der Waals surface area contributed by atoms with Crippen LogP contribution in [0.25, 0.3) is 11.0 Å². The van der Waals surface area contributed by atoms with Crippen LogP contribution < -0.4 is 5.43 Å². The maximum Gasteiger partial charge on any atom is 0.192 e. The summed E-state index contributed by atoms with van der Waals surface area (Å²) in [6, 6.07) is 7.11. The molecule has 2 nitrogen and oxygen atoms in total. The average molecular weight is 253 g/mol. The predicted molar refractivity (Wildman–Crippen MR) is 59.9 cm³/mol. The Morgan fingerprint density at radius 2 is 2.21 bits per heavy atom. The summed E-state index contributed by atoms with van der Waals surface area (Å²) in [4.78, 5) is 11.6. The molecule has 0 radical (unpaired) electrons. The molecular weight excluding hydrogens is 244 g/mol. The lowest BCUT2D eigenvalue weighted by atomic mass is 10.1. The van der Waals surface area contributed by atoms with Gasteiger partial charge in [0, 0.05) is 17.0 Å². The summed E-state index contributed by atoms with van der Waals surface area (Å²) in [5.74, 6) is 0.649. The van der Waals surface area contributed by atoms with Crippen LogP contribution in [0.5, 0.6) is 0 Å². The van der Waals surface area contributed by atoms with Crippen LogP contribution >= 0.6 is 15.9 Å². The Kier molecular flexibility index (Phi) is 2.42. The molecule has 0 aliphatic carbocycles. The lowest BCUT2D eigenvalue weighted by Crippen LogP contribution is -2.01. The number of halogens is 1. The van der Waals surface area contributed by atoms with E-state index in [-0.39, 0.29) is 5.43 Å². The van der Waals surface area contributed by atoms with E-state index in [1.54, 1.807) is 13.0 Å². The Morgan fingerprint density at radius 1 is 1.43 bits per heavy atom. The molecule has 2 aromatic rings. The van der Waals surface area contributed by atoms with Crippen molar-refractivity contribution in [2.75, 3.05) is 0 Å². The molecule has 0 amide bonds. The monoisotopic (exact) mass is 252 g/mol. The van der Waals surface area contributed by atoms with Crippen molar-refractivity contribution >= 4 is 26.9 Å². The van der Waals surface area contributed by atoms with Crippen molar-refractivity contribution in [2.24, 2.45) is 0 Å². The number of fused-ring (bicyclic) bond motifs is 1. The first-order valence-corrected chi connectivity index (χ1v) is 5.43. The first-order chi connectivity index (χ1) is 6.72. The van der Waals surface area contributed by atoms with Gasteiger partial charge in [-0.15, -0.1) is 0 Å². The highest BCUT2D eigenvalue weighted by molar-refractivity contribution is 9.08. The van der Waals surface area contributed by atoms with Crippen molar-refractivity contribution in [1.82, 2.24) is 0 Å². The largest absolute Gasteiger partial charge is 0.461 e. The van der Waals surface area contributed by atoms with Gasteiger partial charge in [0.25, 0.3) is 0 Å². The third-order valence-corrected chi connectivity index (χ3v) is 2.71.